The van der Waals surface area contributed by atoms with Crippen LogP contribution in [0.4, 0.5) is 0 Å². The van der Waals surface area contributed by atoms with E-state index >= 15 is 0 Å². The summed E-state index contributed by atoms with van der Waals surface area (Å²) in [7, 11) is 0. The van der Waals surface area contributed by atoms with Crippen molar-refractivity contribution < 1.29 is 0 Å². The van der Waals surface area contributed by atoms with Crippen molar-refractivity contribution in [1.82, 2.24) is 15.0 Å². The molecule has 0 bridgehead atoms. The Morgan fingerprint density at radius 3 is 2.08 bits per heavy atom. The Morgan fingerprint density at radius 2 is 1.27 bits per heavy atom. The minimum atomic E-state index is -0.201. The third-order valence-electron chi connectivity index (χ3n) is 9.96. The molecule has 1 aliphatic carbocycles. The molecule has 0 saturated heterocycles. The van der Waals surface area contributed by atoms with Gasteiger partial charge in [0.1, 0.15) is 0 Å². The third kappa shape index (κ3) is 5.83. The molecular weight excluding hydrogens is 633 g/mol. The lowest BCUT2D eigenvalue weighted by Crippen LogP contribution is -2.15. The summed E-state index contributed by atoms with van der Waals surface area (Å²) in [6.45, 7) is 6.49. The fraction of sp³-hybridized carbons (Fsp3) is 0.0833. The summed E-state index contributed by atoms with van der Waals surface area (Å²) >= 11 is 0. The quantitative estimate of drug-likeness (QED) is 0.159. The number of hydrogen-bond acceptors (Lipinski definition) is 4. The molecule has 0 fully saturated rings. The lowest BCUT2D eigenvalue weighted by atomic mass is 9.81. The summed E-state index contributed by atoms with van der Waals surface area (Å²) in [5.41, 5.74) is 11.5. The van der Waals surface area contributed by atoms with Crippen LogP contribution in [0.3, 0.4) is 0 Å². The first-order valence-electron chi connectivity index (χ1n) is 17.6. The number of allylic oxidation sites excluding steroid dienone is 5. The lowest BCUT2D eigenvalue weighted by molar-refractivity contribution is 0.660. The maximum absolute atomic E-state index is 9.87. The van der Waals surface area contributed by atoms with Gasteiger partial charge in [0, 0.05) is 22.1 Å². The number of nitriles is 1. The van der Waals surface area contributed by atoms with Gasteiger partial charge in [0.15, 0.2) is 17.5 Å². The fourth-order valence-corrected chi connectivity index (χ4v) is 7.33. The Kier molecular flexibility index (Phi) is 8.47. The van der Waals surface area contributed by atoms with Crippen LogP contribution in [0.2, 0.25) is 0 Å². The molecule has 4 heteroatoms. The van der Waals surface area contributed by atoms with Gasteiger partial charge in [-0.2, -0.15) is 5.26 Å². The Morgan fingerprint density at radius 1 is 0.558 bits per heavy atom. The topological polar surface area (TPSA) is 62.5 Å². The minimum absolute atomic E-state index is 0.201. The van der Waals surface area contributed by atoms with E-state index in [0.717, 1.165) is 60.8 Å². The molecule has 6 aromatic carbocycles. The number of rotatable bonds is 7. The van der Waals surface area contributed by atoms with E-state index in [4.69, 9.17) is 15.0 Å². The largest absolute Gasteiger partial charge is 0.209 e. The highest BCUT2D eigenvalue weighted by atomic mass is 15.0. The fourth-order valence-electron chi connectivity index (χ4n) is 7.33. The first-order valence-corrected chi connectivity index (χ1v) is 17.6. The predicted octanol–water partition coefficient (Wildman–Crippen LogP) is 12.0. The molecule has 248 valence electrons. The summed E-state index contributed by atoms with van der Waals surface area (Å²) in [5, 5.41) is 12.1. The van der Waals surface area contributed by atoms with E-state index in [1.54, 1.807) is 0 Å². The van der Waals surface area contributed by atoms with Gasteiger partial charge in [-0.25, -0.2) is 15.0 Å². The first-order chi connectivity index (χ1) is 25.5. The highest BCUT2D eigenvalue weighted by molar-refractivity contribution is 6.03. The molecule has 0 saturated carbocycles. The van der Waals surface area contributed by atoms with Crippen molar-refractivity contribution in [3.8, 4) is 62.2 Å². The monoisotopic (exact) mass is 668 g/mol. The molecule has 0 amide bonds. The van der Waals surface area contributed by atoms with Crippen molar-refractivity contribution in [2.45, 2.75) is 26.2 Å². The molecular formula is C48H36N4. The Labute approximate surface area is 304 Å². The van der Waals surface area contributed by atoms with Gasteiger partial charge in [0.25, 0.3) is 0 Å². The van der Waals surface area contributed by atoms with Crippen LogP contribution in [-0.2, 0) is 5.41 Å². The van der Waals surface area contributed by atoms with Crippen molar-refractivity contribution in [2.24, 2.45) is 0 Å². The lowest BCUT2D eigenvalue weighted by Gasteiger charge is -2.22. The van der Waals surface area contributed by atoms with Crippen LogP contribution < -0.4 is 0 Å². The van der Waals surface area contributed by atoms with Crippen LogP contribution in [0, 0.1) is 11.3 Å². The number of fused-ring (bicyclic) bond motifs is 4. The minimum Gasteiger partial charge on any atom is -0.209 e. The maximum Gasteiger partial charge on any atom is 0.165 e. The Balaban J connectivity index is 1.23. The molecule has 0 atom stereocenters. The molecule has 0 spiro atoms. The molecule has 52 heavy (non-hydrogen) atoms. The van der Waals surface area contributed by atoms with E-state index in [2.05, 4.69) is 105 Å². The molecule has 8 rings (SSSR count). The van der Waals surface area contributed by atoms with Crippen molar-refractivity contribution >= 4 is 16.8 Å². The number of aromatic nitrogens is 3. The zero-order valence-electron chi connectivity index (χ0n) is 29.4. The summed E-state index contributed by atoms with van der Waals surface area (Å²) in [6, 6.07) is 46.7. The summed E-state index contributed by atoms with van der Waals surface area (Å²) in [6.07, 6.45) is 11.8. The van der Waals surface area contributed by atoms with Crippen LogP contribution in [0.1, 0.15) is 43.3 Å². The summed E-state index contributed by atoms with van der Waals surface area (Å²) < 4.78 is 0. The molecule has 1 aliphatic rings. The molecule has 4 nitrogen and oxygen atoms in total. The van der Waals surface area contributed by atoms with Crippen LogP contribution in [0.25, 0.3) is 73.0 Å². The Bertz CT molecular complexity index is 2600. The second-order valence-corrected chi connectivity index (χ2v) is 13.5. The van der Waals surface area contributed by atoms with E-state index in [1.165, 1.54) is 11.1 Å². The number of nitrogens with zero attached hydrogens (tertiary/aromatic N) is 4. The highest BCUT2D eigenvalue weighted by Gasteiger charge is 2.37. The highest BCUT2D eigenvalue weighted by Crippen LogP contribution is 2.51. The van der Waals surface area contributed by atoms with Gasteiger partial charge in [-0.3, -0.25) is 0 Å². The number of benzene rings is 6. The van der Waals surface area contributed by atoms with Crippen LogP contribution >= 0.6 is 0 Å². The average Bonchev–Trinajstić information content (AvgIpc) is 3.43. The van der Waals surface area contributed by atoms with E-state index in [0.29, 0.717) is 17.5 Å². The van der Waals surface area contributed by atoms with Crippen molar-refractivity contribution in [3.05, 3.63) is 180 Å². The van der Waals surface area contributed by atoms with Gasteiger partial charge in [-0.15, -0.1) is 0 Å². The molecule has 7 aromatic rings. The molecule has 1 heterocycles. The zero-order chi connectivity index (χ0) is 35.7. The summed E-state index contributed by atoms with van der Waals surface area (Å²) in [5.74, 6) is 1.84. The maximum atomic E-state index is 9.87. The van der Waals surface area contributed by atoms with Crippen LogP contribution in [0.15, 0.2) is 158 Å². The molecule has 0 unspecified atom stereocenters. The van der Waals surface area contributed by atoms with Gasteiger partial charge in [0.2, 0.25) is 0 Å². The standard InChI is InChI=1S/C48H36N4/c1-4-5-6-7-11-21-43-50-46(35-16-9-8-10-17-35)52-47(51-43)45-38-19-13-12-15-33(38)26-28-39(45)34-24-22-32(23-25-34)36-27-29-40-42(30-36)48(2,3)41-20-14-18-37(31-49)44(40)41/h4-30H,1-3H3/b5-4-,7-6-,21-11+. The van der Waals surface area contributed by atoms with Crippen LogP contribution in [0.5, 0.6) is 0 Å². The summed E-state index contributed by atoms with van der Waals surface area (Å²) in [4.78, 5) is 15.0. The normalized spacial score (nSPS) is 13.2. The predicted molar refractivity (Wildman–Crippen MR) is 214 cm³/mol. The second-order valence-electron chi connectivity index (χ2n) is 13.5. The SMILES string of the molecule is C\C=C/C=C\C=C\c1nc(-c2ccccc2)nc(-c2c(-c3ccc(-c4ccc5c(c4)C(C)(C)c4cccc(C#N)c4-5)cc3)ccc3ccccc23)n1. The van der Waals surface area contributed by atoms with Crippen molar-refractivity contribution in [2.75, 3.05) is 0 Å². The third-order valence-corrected chi connectivity index (χ3v) is 9.96. The van der Waals surface area contributed by atoms with Crippen molar-refractivity contribution in [1.29, 1.82) is 5.26 Å². The number of hydrogen-bond donors (Lipinski definition) is 0. The van der Waals surface area contributed by atoms with Crippen molar-refractivity contribution in [3.63, 3.8) is 0 Å². The van der Waals surface area contributed by atoms with Gasteiger partial charge in [-0.1, -0.05) is 159 Å². The van der Waals surface area contributed by atoms with Gasteiger partial charge >= 0.3 is 0 Å². The van der Waals surface area contributed by atoms with E-state index in [1.807, 2.05) is 85.8 Å². The second kappa shape index (κ2) is 13.5. The zero-order valence-corrected chi connectivity index (χ0v) is 29.4. The molecule has 0 aliphatic heterocycles. The molecule has 0 radical (unpaired) electrons. The molecule has 0 N–H and O–H groups in total. The van der Waals surface area contributed by atoms with E-state index < -0.39 is 0 Å². The van der Waals surface area contributed by atoms with Gasteiger partial charge in [0.05, 0.1) is 11.6 Å². The van der Waals surface area contributed by atoms with Gasteiger partial charge in [-0.05, 0) is 74.8 Å². The first kappa shape index (κ1) is 32.5. The van der Waals surface area contributed by atoms with E-state index in [-0.39, 0.29) is 5.41 Å². The average molecular weight is 669 g/mol. The van der Waals surface area contributed by atoms with Crippen LogP contribution in [-0.4, -0.2) is 15.0 Å². The molecule has 1 aromatic heterocycles. The smallest absolute Gasteiger partial charge is 0.165 e. The Hall–Kier alpha value is -6.70. The van der Waals surface area contributed by atoms with Gasteiger partial charge < -0.3 is 0 Å². The van der Waals surface area contributed by atoms with E-state index in [9.17, 15) is 5.26 Å².